The number of allylic oxidation sites excluding steroid dienone is 2. The number of hydrogen-bond acceptors (Lipinski definition) is 2. The number of hydrogen-bond donors (Lipinski definition) is 0. The maximum Gasteiger partial charge on any atom is 0.161 e. The van der Waals surface area contributed by atoms with E-state index >= 15 is 0 Å². The highest BCUT2D eigenvalue weighted by Gasteiger charge is 2.19. The third-order valence-electron chi connectivity index (χ3n) is 2.54. The molecule has 0 fully saturated rings. The predicted octanol–water partition coefficient (Wildman–Crippen LogP) is 3.03. The van der Waals surface area contributed by atoms with Gasteiger partial charge in [-0.3, -0.25) is 9.00 Å². The van der Waals surface area contributed by atoms with Crippen LogP contribution < -0.4 is 0 Å². The molecule has 0 saturated heterocycles. The minimum absolute atomic E-state index is 0.0336. The van der Waals surface area contributed by atoms with E-state index in [1.807, 2.05) is 51.1 Å². The van der Waals surface area contributed by atoms with E-state index in [1.165, 1.54) is 0 Å². The summed E-state index contributed by atoms with van der Waals surface area (Å²) in [5.74, 6) is 0.0336. The fourth-order valence-corrected chi connectivity index (χ4v) is 2.30. The minimum Gasteiger partial charge on any atom is -0.294 e. The van der Waals surface area contributed by atoms with Crippen molar-refractivity contribution < 1.29 is 9.00 Å². The van der Waals surface area contributed by atoms with Crippen molar-refractivity contribution >= 4 is 26.2 Å². The van der Waals surface area contributed by atoms with E-state index in [0.717, 1.165) is 11.1 Å². The Morgan fingerprint density at radius 2 is 1.63 bits per heavy atom. The molecule has 0 aliphatic rings. The topological polar surface area (TPSA) is 34.1 Å². The molecule has 0 radical (unpaired) electrons. The number of benzene rings is 1. The Morgan fingerprint density at radius 3 is 2.05 bits per heavy atom. The van der Waals surface area contributed by atoms with Crippen LogP contribution in [0.15, 0.2) is 36.4 Å². The zero-order valence-corrected chi connectivity index (χ0v) is 13.1. The standard InChI is InChI=1S/C16H22O2S/c1-16(2,3)15(17)11-14(12-19(4,5)18)13-9-7-6-8-10-13/h6-12H,1-5H3/b14-11-. The Hall–Kier alpha value is -1.35. The number of carbonyl (C=O) groups excluding carboxylic acids is 1. The van der Waals surface area contributed by atoms with Crippen molar-refractivity contribution in [2.45, 2.75) is 20.8 Å². The van der Waals surface area contributed by atoms with Gasteiger partial charge < -0.3 is 0 Å². The molecule has 19 heavy (non-hydrogen) atoms. The predicted molar refractivity (Wildman–Crippen MR) is 84.9 cm³/mol. The highest BCUT2D eigenvalue weighted by Crippen LogP contribution is 2.20. The van der Waals surface area contributed by atoms with Crippen molar-refractivity contribution in [1.82, 2.24) is 0 Å². The summed E-state index contributed by atoms with van der Waals surface area (Å²) in [7, 11) is -2.06. The second kappa shape index (κ2) is 5.74. The molecule has 0 saturated carbocycles. The Balaban J connectivity index is 3.35. The third kappa shape index (κ3) is 5.43. The highest BCUT2D eigenvalue weighted by atomic mass is 32.2. The number of rotatable bonds is 3. The molecule has 0 aromatic heterocycles. The molecule has 2 nitrogen and oxygen atoms in total. The molecule has 1 aromatic carbocycles. The summed E-state index contributed by atoms with van der Waals surface area (Å²) in [5, 5.41) is 1.69. The summed E-state index contributed by atoms with van der Waals surface area (Å²) >= 11 is 0. The van der Waals surface area contributed by atoms with Crippen LogP contribution in [0, 0.1) is 5.41 Å². The van der Waals surface area contributed by atoms with Gasteiger partial charge in [-0.25, -0.2) is 0 Å². The van der Waals surface area contributed by atoms with E-state index in [4.69, 9.17) is 0 Å². The van der Waals surface area contributed by atoms with E-state index in [2.05, 4.69) is 0 Å². The Morgan fingerprint density at radius 1 is 1.11 bits per heavy atom. The van der Waals surface area contributed by atoms with Gasteiger partial charge in [0.2, 0.25) is 0 Å². The monoisotopic (exact) mass is 278 g/mol. The summed E-state index contributed by atoms with van der Waals surface area (Å²) in [6.45, 7) is 5.64. The van der Waals surface area contributed by atoms with E-state index in [1.54, 1.807) is 24.0 Å². The molecule has 1 aromatic rings. The van der Waals surface area contributed by atoms with Gasteiger partial charge in [-0.2, -0.15) is 0 Å². The molecule has 0 atom stereocenters. The zero-order chi connectivity index (χ0) is 14.7. The van der Waals surface area contributed by atoms with Gasteiger partial charge in [0.05, 0.1) is 0 Å². The summed E-state index contributed by atoms with van der Waals surface area (Å²) in [6.07, 6.45) is 4.94. The van der Waals surface area contributed by atoms with Crippen LogP contribution in [-0.2, 0) is 14.3 Å². The summed E-state index contributed by atoms with van der Waals surface area (Å²) in [4.78, 5) is 12.1. The average Bonchev–Trinajstić information content (AvgIpc) is 2.26. The average molecular weight is 278 g/mol. The minimum atomic E-state index is -2.06. The maximum absolute atomic E-state index is 12.1. The normalized spacial score (nSPS) is 13.2. The summed E-state index contributed by atoms with van der Waals surface area (Å²) < 4.78 is 12.0. The van der Waals surface area contributed by atoms with Crippen molar-refractivity contribution in [2.24, 2.45) is 5.41 Å². The van der Waals surface area contributed by atoms with Gasteiger partial charge in [0.1, 0.15) is 0 Å². The first kappa shape index (κ1) is 15.7. The number of carbonyl (C=O) groups is 1. The molecule has 0 spiro atoms. The quantitative estimate of drug-likeness (QED) is 0.629. The van der Waals surface area contributed by atoms with Crippen LogP contribution in [0.1, 0.15) is 26.3 Å². The van der Waals surface area contributed by atoms with Gasteiger partial charge in [-0.1, -0.05) is 51.1 Å². The van der Waals surface area contributed by atoms with Gasteiger partial charge in [0.15, 0.2) is 5.78 Å². The maximum atomic E-state index is 12.1. The molecule has 0 N–H and O–H groups in total. The molecule has 0 unspecified atom stereocenters. The van der Waals surface area contributed by atoms with Crippen LogP contribution in [0.2, 0.25) is 0 Å². The first-order chi connectivity index (χ1) is 8.59. The van der Waals surface area contributed by atoms with E-state index in [9.17, 15) is 9.00 Å². The van der Waals surface area contributed by atoms with Crippen molar-refractivity contribution in [1.29, 1.82) is 0 Å². The lowest BCUT2D eigenvalue weighted by atomic mass is 9.89. The van der Waals surface area contributed by atoms with Gasteiger partial charge in [-0.15, -0.1) is 0 Å². The van der Waals surface area contributed by atoms with E-state index < -0.39 is 14.9 Å². The molecular formula is C16H22O2S. The molecule has 104 valence electrons. The van der Waals surface area contributed by atoms with Crippen molar-refractivity contribution in [3.05, 3.63) is 42.0 Å². The van der Waals surface area contributed by atoms with Crippen molar-refractivity contribution in [3.8, 4) is 0 Å². The van der Waals surface area contributed by atoms with Crippen LogP contribution in [0.25, 0.3) is 5.57 Å². The molecular weight excluding hydrogens is 256 g/mol. The van der Waals surface area contributed by atoms with E-state index in [-0.39, 0.29) is 5.78 Å². The lowest BCUT2D eigenvalue weighted by Gasteiger charge is -2.14. The van der Waals surface area contributed by atoms with Crippen LogP contribution in [0.4, 0.5) is 0 Å². The molecule has 0 amide bonds. The van der Waals surface area contributed by atoms with Gasteiger partial charge in [0, 0.05) is 17.9 Å². The molecule has 0 heterocycles. The highest BCUT2D eigenvalue weighted by molar-refractivity contribution is 8.00. The lowest BCUT2D eigenvalue weighted by molar-refractivity contribution is -0.121. The van der Waals surface area contributed by atoms with Crippen molar-refractivity contribution in [3.63, 3.8) is 0 Å². The Bertz CT molecular complexity index is 587. The lowest BCUT2D eigenvalue weighted by Crippen LogP contribution is -2.18. The molecule has 0 aliphatic heterocycles. The van der Waals surface area contributed by atoms with Crippen LogP contribution >= 0.6 is 0 Å². The largest absolute Gasteiger partial charge is 0.294 e. The van der Waals surface area contributed by atoms with Gasteiger partial charge in [-0.05, 0) is 32.1 Å². The van der Waals surface area contributed by atoms with Gasteiger partial charge in [0.25, 0.3) is 0 Å². The third-order valence-corrected chi connectivity index (χ3v) is 3.37. The molecule has 0 aliphatic carbocycles. The molecule has 0 bridgehead atoms. The fourth-order valence-electron chi connectivity index (χ4n) is 1.48. The Kier molecular flexibility index (Phi) is 4.75. The van der Waals surface area contributed by atoms with Gasteiger partial charge >= 0.3 is 0 Å². The SMILES string of the molecule is CC(C)(C)C(=O)/C=C(/C=S(C)(C)=O)c1ccccc1. The first-order valence-corrected chi connectivity index (χ1v) is 8.64. The molecule has 1 rings (SSSR count). The summed E-state index contributed by atoms with van der Waals surface area (Å²) in [5.41, 5.74) is 1.21. The molecule has 3 heteroatoms. The Labute approximate surface area is 116 Å². The van der Waals surface area contributed by atoms with Crippen LogP contribution in [0.3, 0.4) is 0 Å². The smallest absolute Gasteiger partial charge is 0.161 e. The fraction of sp³-hybridized carbons (Fsp3) is 0.375. The van der Waals surface area contributed by atoms with Crippen molar-refractivity contribution in [2.75, 3.05) is 12.5 Å². The zero-order valence-electron chi connectivity index (χ0n) is 12.3. The van der Waals surface area contributed by atoms with Crippen LogP contribution in [0.5, 0.6) is 0 Å². The summed E-state index contributed by atoms with van der Waals surface area (Å²) in [6, 6.07) is 9.58. The van der Waals surface area contributed by atoms with Crippen LogP contribution in [-0.4, -0.2) is 27.9 Å². The second-order valence-corrected chi connectivity index (χ2v) is 8.86. The van der Waals surface area contributed by atoms with E-state index in [0.29, 0.717) is 0 Å². The number of ketones is 1. The first-order valence-electron chi connectivity index (χ1n) is 6.20. The second-order valence-electron chi connectivity index (χ2n) is 6.01.